The number of carbonyl (C=O) groups excluding carboxylic acids is 1. The largest absolute Gasteiger partial charge is 0.371 e. The van der Waals surface area contributed by atoms with Crippen molar-refractivity contribution in [3.8, 4) is 0 Å². The molecule has 0 N–H and O–H groups in total. The third kappa shape index (κ3) is 5.02. The summed E-state index contributed by atoms with van der Waals surface area (Å²) in [5.41, 5.74) is 2.99. The van der Waals surface area contributed by atoms with Gasteiger partial charge in [-0.05, 0) is 68.1 Å². The second-order valence-corrected chi connectivity index (χ2v) is 13.7. The zero-order valence-electron chi connectivity index (χ0n) is 21.3. The van der Waals surface area contributed by atoms with Crippen LogP contribution >= 0.6 is 0 Å². The lowest BCUT2D eigenvalue weighted by molar-refractivity contribution is 0.0698. The van der Waals surface area contributed by atoms with Crippen LogP contribution in [-0.2, 0) is 20.0 Å². The third-order valence-electron chi connectivity index (χ3n) is 7.07. The van der Waals surface area contributed by atoms with Crippen molar-refractivity contribution < 1.29 is 21.6 Å². The summed E-state index contributed by atoms with van der Waals surface area (Å²) in [5, 5.41) is 0. The Kier molecular flexibility index (Phi) is 7.47. The molecule has 0 unspecified atom stereocenters. The molecule has 0 aliphatic carbocycles. The van der Waals surface area contributed by atoms with E-state index in [0.717, 1.165) is 47.1 Å². The summed E-state index contributed by atoms with van der Waals surface area (Å²) in [4.78, 5) is 17.7. The minimum absolute atomic E-state index is 0.0646. The van der Waals surface area contributed by atoms with Crippen LogP contribution in [0.5, 0.6) is 0 Å². The van der Waals surface area contributed by atoms with Crippen LogP contribution in [0, 0.1) is 13.8 Å². The van der Waals surface area contributed by atoms with Crippen LogP contribution in [0.4, 0.5) is 5.69 Å². The minimum Gasteiger partial charge on any atom is -0.371 e. The van der Waals surface area contributed by atoms with Crippen molar-refractivity contribution in [1.82, 2.24) is 13.5 Å². The summed E-state index contributed by atoms with van der Waals surface area (Å²) in [6.45, 7) is 6.24. The number of hydrogen-bond acceptors (Lipinski definition) is 6. The van der Waals surface area contributed by atoms with Gasteiger partial charge in [0.05, 0.1) is 15.4 Å². The molecular weight excluding hydrogens is 500 g/mol. The topological polar surface area (TPSA) is 98.3 Å². The number of rotatable bonds is 6. The van der Waals surface area contributed by atoms with E-state index in [9.17, 15) is 21.6 Å². The van der Waals surface area contributed by atoms with E-state index in [2.05, 4.69) is 4.90 Å². The zero-order chi connectivity index (χ0) is 26.3. The maximum atomic E-state index is 13.7. The second kappa shape index (κ2) is 10.1. The summed E-state index contributed by atoms with van der Waals surface area (Å²) < 4.78 is 54.4. The Hall–Kier alpha value is -2.47. The normalized spacial score (nSPS) is 17.7. The van der Waals surface area contributed by atoms with E-state index in [1.165, 1.54) is 24.5 Å². The molecule has 196 valence electrons. The Balaban J connectivity index is 1.58. The van der Waals surface area contributed by atoms with E-state index in [1.807, 2.05) is 13.8 Å². The van der Waals surface area contributed by atoms with Crippen LogP contribution in [0.2, 0.25) is 0 Å². The van der Waals surface area contributed by atoms with Gasteiger partial charge in [-0.15, -0.1) is 0 Å². The Morgan fingerprint density at radius 1 is 0.778 bits per heavy atom. The number of sulfonamides is 2. The monoisotopic (exact) mass is 534 g/mol. The van der Waals surface area contributed by atoms with E-state index in [4.69, 9.17) is 0 Å². The highest BCUT2D eigenvalue weighted by Gasteiger charge is 2.33. The molecule has 0 spiro atoms. The molecule has 9 nitrogen and oxygen atoms in total. The fourth-order valence-corrected chi connectivity index (χ4v) is 7.05. The Bertz CT molecular complexity index is 1360. The summed E-state index contributed by atoms with van der Waals surface area (Å²) in [5.74, 6) is -0.282. The first kappa shape index (κ1) is 26.6. The van der Waals surface area contributed by atoms with Gasteiger partial charge in [0.2, 0.25) is 20.0 Å². The molecule has 36 heavy (non-hydrogen) atoms. The fourth-order valence-electron chi connectivity index (χ4n) is 4.62. The standard InChI is InChI=1S/C25H34N4O5S2/c1-19-7-8-21(17-20(19)2)36(33,34)29-15-13-28(14-16-29)25(30)23-18-22(35(31,32)26(3)4)9-10-24(23)27-11-5-6-12-27/h7-10,17-18H,5-6,11-16H2,1-4H3. The molecule has 2 aliphatic rings. The molecule has 1 amide bonds. The van der Waals surface area contributed by atoms with Gasteiger partial charge in [0, 0.05) is 59.1 Å². The number of benzene rings is 2. The van der Waals surface area contributed by atoms with Crippen molar-refractivity contribution in [2.45, 2.75) is 36.5 Å². The highest BCUT2D eigenvalue weighted by Crippen LogP contribution is 2.30. The number of hydrogen-bond donors (Lipinski definition) is 0. The number of nitrogens with zero attached hydrogens (tertiary/aromatic N) is 4. The van der Waals surface area contributed by atoms with Gasteiger partial charge in [-0.3, -0.25) is 4.79 Å². The predicted octanol–water partition coefficient (Wildman–Crippen LogP) is 2.30. The number of anilines is 1. The van der Waals surface area contributed by atoms with Gasteiger partial charge in [-0.2, -0.15) is 4.31 Å². The van der Waals surface area contributed by atoms with Crippen molar-refractivity contribution >= 4 is 31.6 Å². The SMILES string of the molecule is Cc1ccc(S(=O)(=O)N2CCN(C(=O)c3cc(S(=O)(=O)N(C)C)ccc3N3CCCC3)CC2)cc1C. The molecule has 0 aromatic heterocycles. The van der Waals surface area contributed by atoms with E-state index in [-0.39, 0.29) is 41.9 Å². The molecule has 4 rings (SSSR count). The van der Waals surface area contributed by atoms with Crippen LogP contribution in [0.15, 0.2) is 46.2 Å². The Labute approximate surface area is 214 Å². The first-order valence-corrected chi connectivity index (χ1v) is 15.0. The van der Waals surface area contributed by atoms with Gasteiger partial charge >= 0.3 is 0 Å². The van der Waals surface area contributed by atoms with Gasteiger partial charge in [-0.1, -0.05) is 6.07 Å². The molecule has 2 fully saturated rings. The van der Waals surface area contributed by atoms with Gasteiger partial charge in [0.1, 0.15) is 0 Å². The van der Waals surface area contributed by atoms with Gasteiger partial charge in [0.15, 0.2) is 0 Å². The summed E-state index contributed by atoms with van der Waals surface area (Å²) in [6, 6.07) is 9.83. The Morgan fingerprint density at radius 2 is 1.39 bits per heavy atom. The zero-order valence-corrected chi connectivity index (χ0v) is 22.9. The summed E-state index contributed by atoms with van der Waals surface area (Å²) in [6.07, 6.45) is 2.03. The minimum atomic E-state index is -3.71. The highest BCUT2D eigenvalue weighted by molar-refractivity contribution is 7.89. The van der Waals surface area contributed by atoms with Gasteiger partial charge in [0.25, 0.3) is 5.91 Å². The lowest BCUT2D eigenvalue weighted by Gasteiger charge is -2.35. The number of aryl methyl sites for hydroxylation is 2. The molecule has 0 saturated carbocycles. The van der Waals surface area contributed by atoms with Crippen molar-refractivity contribution in [3.63, 3.8) is 0 Å². The Morgan fingerprint density at radius 3 is 1.97 bits per heavy atom. The number of amides is 1. The van der Waals surface area contributed by atoms with Crippen molar-refractivity contribution in [2.75, 3.05) is 58.3 Å². The first-order valence-electron chi connectivity index (χ1n) is 12.1. The van der Waals surface area contributed by atoms with Crippen molar-refractivity contribution in [1.29, 1.82) is 0 Å². The second-order valence-electron chi connectivity index (χ2n) is 9.60. The molecule has 2 saturated heterocycles. The van der Waals surface area contributed by atoms with E-state index < -0.39 is 20.0 Å². The molecule has 2 heterocycles. The third-order valence-corrected chi connectivity index (χ3v) is 10.8. The molecule has 2 aromatic rings. The van der Waals surface area contributed by atoms with Gasteiger partial charge in [-0.25, -0.2) is 21.1 Å². The van der Waals surface area contributed by atoms with Crippen LogP contribution < -0.4 is 4.90 Å². The smallest absolute Gasteiger partial charge is 0.256 e. The molecule has 2 aromatic carbocycles. The van der Waals surface area contributed by atoms with Crippen LogP contribution in [0.1, 0.15) is 34.3 Å². The summed E-state index contributed by atoms with van der Waals surface area (Å²) in [7, 11) is -4.46. The fraction of sp³-hybridized carbons (Fsp3) is 0.480. The predicted molar refractivity (Wildman–Crippen MR) is 139 cm³/mol. The van der Waals surface area contributed by atoms with E-state index in [0.29, 0.717) is 5.56 Å². The van der Waals surface area contributed by atoms with Crippen molar-refractivity contribution in [2.24, 2.45) is 0 Å². The molecule has 0 radical (unpaired) electrons. The average molecular weight is 535 g/mol. The van der Waals surface area contributed by atoms with E-state index in [1.54, 1.807) is 35.2 Å². The van der Waals surface area contributed by atoms with Crippen LogP contribution in [-0.4, -0.2) is 89.6 Å². The molecular formula is C25H34N4O5S2. The highest BCUT2D eigenvalue weighted by atomic mass is 32.2. The maximum absolute atomic E-state index is 13.7. The van der Waals surface area contributed by atoms with Crippen LogP contribution in [0.25, 0.3) is 0 Å². The quantitative estimate of drug-likeness (QED) is 0.564. The first-order chi connectivity index (χ1) is 16.9. The molecule has 2 aliphatic heterocycles. The molecule has 0 bridgehead atoms. The van der Waals surface area contributed by atoms with E-state index >= 15 is 0 Å². The number of piperazine rings is 1. The molecule has 11 heteroatoms. The molecule has 0 atom stereocenters. The number of carbonyl (C=O) groups is 1. The lowest BCUT2D eigenvalue weighted by atomic mass is 10.1. The lowest BCUT2D eigenvalue weighted by Crippen LogP contribution is -2.50. The average Bonchev–Trinajstić information content (AvgIpc) is 3.39. The maximum Gasteiger partial charge on any atom is 0.256 e. The van der Waals surface area contributed by atoms with Gasteiger partial charge < -0.3 is 9.80 Å². The van der Waals surface area contributed by atoms with Crippen LogP contribution in [0.3, 0.4) is 0 Å². The van der Waals surface area contributed by atoms with Crippen molar-refractivity contribution in [3.05, 3.63) is 53.1 Å². The summed E-state index contributed by atoms with van der Waals surface area (Å²) >= 11 is 0.